The Morgan fingerprint density at radius 1 is 1.06 bits per heavy atom. The maximum Gasteiger partial charge on any atom is 0.234 e. The van der Waals surface area contributed by atoms with Gasteiger partial charge in [0.25, 0.3) is 0 Å². The number of aromatic nitrogens is 3. The summed E-state index contributed by atoms with van der Waals surface area (Å²) in [7, 11) is 1.57. The summed E-state index contributed by atoms with van der Waals surface area (Å²) in [6.07, 6.45) is 0. The Labute approximate surface area is 190 Å². The lowest BCUT2D eigenvalue weighted by Gasteiger charge is -2.12. The molecule has 3 aromatic carbocycles. The van der Waals surface area contributed by atoms with E-state index in [0.29, 0.717) is 28.0 Å². The Morgan fingerprint density at radius 2 is 1.81 bits per heavy atom. The Hall–Kier alpha value is -3.78. The molecule has 1 amide bonds. The van der Waals surface area contributed by atoms with Crippen molar-refractivity contribution in [3.8, 4) is 28.6 Å². The van der Waals surface area contributed by atoms with Crippen LogP contribution in [-0.4, -0.2) is 38.6 Å². The second kappa shape index (κ2) is 9.57. The van der Waals surface area contributed by atoms with Crippen LogP contribution in [-0.2, 0) is 4.79 Å². The number of para-hydroxylation sites is 2. The van der Waals surface area contributed by atoms with Crippen LogP contribution in [0.4, 0.5) is 5.69 Å². The number of phenolic OH excluding ortho intramolecular Hbond substituents is 1. The molecule has 0 fully saturated rings. The SMILES string of the molecule is COc1ccc(C)cc1NC(=O)CSc1nnc(-c2ccccc2O)n1-c1ccccc1. The van der Waals surface area contributed by atoms with Crippen LogP contribution in [0.5, 0.6) is 11.5 Å². The summed E-state index contributed by atoms with van der Waals surface area (Å²) in [5, 5.41) is 22.4. The molecular formula is C24H22N4O3S. The summed E-state index contributed by atoms with van der Waals surface area (Å²) in [6.45, 7) is 1.95. The second-order valence-electron chi connectivity index (χ2n) is 7.03. The molecule has 2 N–H and O–H groups in total. The van der Waals surface area contributed by atoms with Gasteiger partial charge < -0.3 is 15.2 Å². The van der Waals surface area contributed by atoms with Crippen LogP contribution < -0.4 is 10.1 Å². The lowest BCUT2D eigenvalue weighted by molar-refractivity contribution is -0.113. The van der Waals surface area contributed by atoms with Gasteiger partial charge in [-0.05, 0) is 48.9 Å². The number of nitrogens with one attached hydrogen (secondary N) is 1. The lowest BCUT2D eigenvalue weighted by atomic mass is 10.2. The number of hydrogen-bond acceptors (Lipinski definition) is 6. The van der Waals surface area contributed by atoms with Gasteiger partial charge in [-0.2, -0.15) is 0 Å². The van der Waals surface area contributed by atoms with Gasteiger partial charge in [0.2, 0.25) is 5.91 Å². The third kappa shape index (κ3) is 4.60. The van der Waals surface area contributed by atoms with Crippen molar-refractivity contribution >= 4 is 23.4 Å². The van der Waals surface area contributed by atoms with Crippen molar-refractivity contribution in [1.82, 2.24) is 14.8 Å². The largest absolute Gasteiger partial charge is 0.507 e. The number of anilines is 1. The molecule has 7 nitrogen and oxygen atoms in total. The first-order valence-electron chi connectivity index (χ1n) is 9.93. The number of nitrogens with zero attached hydrogens (tertiary/aromatic N) is 3. The van der Waals surface area contributed by atoms with Gasteiger partial charge in [0.05, 0.1) is 24.1 Å². The lowest BCUT2D eigenvalue weighted by Crippen LogP contribution is -2.15. The van der Waals surface area contributed by atoms with E-state index >= 15 is 0 Å². The van der Waals surface area contributed by atoms with E-state index in [1.165, 1.54) is 11.8 Å². The van der Waals surface area contributed by atoms with Gasteiger partial charge in [0.15, 0.2) is 11.0 Å². The van der Waals surface area contributed by atoms with Crippen LogP contribution in [0, 0.1) is 6.92 Å². The van der Waals surface area contributed by atoms with Crippen molar-refractivity contribution in [3.05, 3.63) is 78.4 Å². The molecular weight excluding hydrogens is 424 g/mol. The summed E-state index contributed by atoms with van der Waals surface area (Å²) in [6, 6.07) is 22.2. The van der Waals surface area contributed by atoms with E-state index in [9.17, 15) is 9.90 Å². The van der Waals surface area contributed by atoms with Gasteiger partial charge in [0, 0.05) is 5.69 Å². The molecule has 0 saturated heterocycles. The number of benzene rings is 3. The first kappa shape index (κ1) is 21.5. The number of carbonyl (C=O) groups is 1. The highest BCUT2D eigenvalue weighted by atomic mass is 32.2. The number of aryl methyl sites for hydroxylation is 1. The van der Waals surface area contributed by atoms with Crippen molar-refractivity contribution < 1.29 is 14.6 Å². The van der Waals surface area contributed by atoms with Crippen LogP contribution in [0.25, 0.3) is 17.1 Å². The molecule has 8 heteroatoms. The Morgan fingerprint density at radius 3 is 2.56 bits per heavy atom. The van der Waals surface area contributed by atoms with Gasteiger partial charge in [-0.3, -0.25) is 9.36 Å². The normalized spacial score (nSPS) is 10.7. The number of phenols is 1. The van der Waals surface area contributed by atoms with Gasteiger partial charge in [-0.25, -0.2) is 0 Å². The molecule has 0 aliphatic heterocycles. The van der Waals surface area contributed by atoms with Crippen molar-refractivity contribution in [1.29, 1.82) is 0 Å². The van der Waals surface area contributed by atoms with Gasteiger partial charge in [0.1, 0.15) is 11.5 Å². The number of thioether (sulfide) groups is 1. The first-order valence-corrected chi connectivity index (χ1v) is 10.9. The zero-order valence-electron chi connectivity index (χ0n) is 17.6. The minimum atomic E-state index is -0.189. The van der Waals surface area contributed by atoms with Crippen LogP contribution >= 0.6 is 11.8 Å². The van der Waals surface area contributed by atoms with E-state index in [2.05, 4.69) is 15.5 Å². The van der Waals surface area contributed by atoms with E-state index < -0.39 is 0 Å². The number of carbonyl (C=O) groups excluding carboxylic acids is 1. The van der Waals surface area contributed by atoms with E-state index in [0.717, 1.165) is 11.3 Å². The molecule has 4 rings (SSSR count). The van der Waals surface area contributed by atoms with Crippen molar-refractivity contribution in [2.75, 3.05) is 18.2 Å². The van der Waals surface area contributed by atoms with E-state index in [-0.39, 0.29) is 17.4 Å². The molecule has 1 heterocycles. The molecule has 0 aliphatic rings. The molecule has 0 unspecified atom stereocenters. The fourth-order valence-electron chi connectivity index (χ4n) is 3.25. The maximum absolute atomic E-state index is 12.7. The molecule has 0 aliphatic carbocycles. The highest BCUT2D eigenvalue weighted by Crippen LogP contribution is 2.33. The quantitative estimate of drug-likeness (QED) is 0.401. The van der Waals surface area contributed by atoms with Crippen LogP contribution in [0.2, 0.25) is 0 Å². The van der Waals surface area contributed by atoms with E-state index in [1.54, 1.807) is 25.3 Å². The fourth-order valence-corrected chi connectivity index (χ4v) is 4.00. The van der Waals surface area contributed by atoms with Crippen molar-refractivity contribution in [2.45, 2.75) is 12.1 Å². The second-order valence-corrected chi connectivity index (χ2v) is 7.98. The molecule has 4 aromatic rings. The van der Waals surface area contributed by atoms with Gasteiger partial charge in [-0.1, -0.05) is 48.2 Å². The summed E-state index contributed by atoms with van der Waals surface area (Å²) >= 11 is 1.26. The van der Waals surface area contributed by atoms with Crippen LogP contribution in [0.3, 0.4) is 0 Å². The fraction of sp³-hybridized carbons (Fsp3) is 0.125. The van der Waals surface area contributed by atoms with Crippen LogP contribution in [0.15, 0.2) is 78.0 Å². The average molecular weight is 447 g/mol. The minimum Gasteiger partial charge on any atom is -0.507 e. The maximum atomic E-state index is 12.7. The zero-order valence-corrected chi connectivity index (χ0v) is 18.5. The standard InChI is InChI=1S/C24H22N4O3S/c1-16-12-13-21(31-2)19(14-16)25-22(30)15-32-24-27-26-23(18-10-6-7-11-20(18)29)28(24)17-8-4-3-5-9-17/h3-14,29H,15H2,1-2H3,(H,25,30). The Bertz CT molecular complexity index is 1240. The number of aromatic hydroxyl groups is 1. The molecule has 32 heavy (non-hydrogen) atoms. The van der Waals surface area contributed by atoms with Crippen LogP contribution in [0.1, 0.15) is 5.56 Å². The Balaban J connectivity index is 1.60. The zero-order chi connectivity index (χ0) is 22.5. The summed E-state index contributed by atoms with van der Waals surface area (Å²) in [5.41, 5.74) is 3.03. The number of amides is 1. The molecule has 0 spiro atoms. The summed E-state index contributed by atoms with van der Waals surface area (Å²) < 4.78 is 7.17. The topological polar surface area (TPSA) is 89.3 Å². The van der Waals surface area contributed by atoms with Crippen molar-refractivity contribution in [2.24, 2.45) is 0 Å². The van der Waals surface area contributed by atoms with Crippen molar-refractivity contribution in [3.63, 3.8) is 0 Å². The summed E-state index contributed by atoms with van der Waals surface area (Å²) in [4.78, 5) is 12.7. The van der Waals surface area contributed by atoms with E-state index in [4.69, 9.17) is 4.74 Å². The number of rotatable bonds is 7. The molecule has 0 bridgehead atoms. The molecule has 0 saturated carbocycles. The number of hydrogen-bond donors (Lipinski definition) is 2. The average Bonchev–Trinajstić information content (AvgIpc) is 3.22. The predicted molar refractivity (Wildman–Crippen MR) is 126 cm³/mol. The first-order chi connectivity index (χ1) is 15.6. The highest BCUT2D eigenvalue weighted by molar-refractivity contribution is 7.99. The number of methoxy groups -OCH3 is 1. The minimum absolute atomic E-state index is 0.109. The smallest absolute Gasteiger partial charge is 0.234 e. The number of ether oxygens (including phenoxy) is 1. The third-order valence-corrected chi connectivity index (χ3v) is 5.68. The molecule has 0 atom stereocenters. The van der Waals surface area contributed by atoms with E-state index in [1.807, 2.05) is 66.1 Å². The molecule has 162 valence electrons. The molecule has 1 aromatic heterocycles. The van der Waals surface area contributed by atoms with Gasteiger partial charge >= 0.3 is 0 Å². The Kier molecular flexibility index (Phi) is 6.42. The predicted octanol–water partition coefficient (Wildman–Crippen LogP) is 4.69. The highest BCUT2D eigenvalue weighted by Gasteiger charge is 2.19. The van der Waals surface area contributed by atoms with Gasteiger partial charge in [-0.15, -0.1) is 10.2 Å². The molecule has 0 radical (unpaired) electrons. The summed E-state index contributed by atoms with van der Waals surface area (Å²) in [5.74, 6) is 1.15. The third-order valence-electron chi connectivity index (χ3n) is 4.75. The monoisotopic (exact) mass is 446 g/mol.